The lowest BCUT2D eigenvalue weighted by Crippen LogP contribution is -2.35. The zero-order chi connectivity index (χ0) is 11.3. The highest BCUT2D eigenvalue weighted by Crippen LogP contribution is 2.01. The van der Waals surface area contributed by atoms with Crippen molar-refractivity contribution in [1.82, 2.24) is 0 Å². The Morgan fingerprint density at radius 2 is 1.93 bits per heavy atom. The molecule has 0 fully saturated rings. The van der Waals surface area contributed by atoms with Gasteiger partial charge in [-0.2, -0.15) is 0 Å². The largest absolute Gasteiger partial charge is 0.480 e. The molecule has 0 aliphatic carbocycles. The van der Waals surface area contributed by atoms with Crippen molar-refractivity contribution in [1.29, 1.82) is 0 Å². The number of esters is 1. The smallest absolute Gasteiger partial charge is 0.338 e. The molecule has 0 saturated carbocycles. The molecule has 5 heteroatoms. The number of hydrogen-bond donors (Lipinski definition) is 2. The van der Waals surface area contributed by atoms with Crippen LogP contribution >= 0.6 is 0 Å². The fraction of sp³-hybridized carbons (Fsp3) is 0.200. The van der Waals surface area contributed by atoms with Gasteiger partial charge in [0.05, 0.1) is 5.56 Å². The molecule has 15 heavy (non-hydrogen) atoms. The average molecular weight is 209 g/mol. The summed E-state index contributed by atoms with van der Waals surface area (Å²) in [6.45, 7) is -0.330. The van der Waals surface area contributed by atoms with E-state index in [2.05, 4.69) is 0 Å². The minimum atomic E-state index is -1.20. The van der Waals surface area contributed by atoms with Crippen LogP contribution in [0.2, 0.25) is 0 Å². The fourth-order valence-corrected chi connectivity index (χ4v) is 0.894. The van der Waals surface area contributed by atoms with E-state index in [1.807, 2.05) is 0 Å². The van der Waals surface area contributed by atoms with Crippen LogP contribution in [0.1, 0.15) is 10.4 Å². The molecular formula is C10H11NO4. The summed E-state index contributed by atoms with van der Waals surface area (Å²) in [5, 5.41) is 8.45. The highest BCUT2D eigenvalue weighted by atomic mass is 16.5. The summed E-state index contributed by atoms with van der Waals surface area (Å²) in [5.41, 5.74) is 5.54. The Morgan fingerprint density at radius 3 is 2.47 bits per heavy atom. The fourth-order valence-electron chi connectivity index (χ4n) is 0.894. The number of carbonyl (C=O) groups is 2. The molecule has 0 amide bonds. The van der Waals surface area contributed by atoms with Crippen LogP contribution in [-0.2, 0) is 9.53 Å². The number of ether oxygens (including phenoxy) is 1. The number of hydrogen-bond acceptors (Lipinski definition) is 4. The Morgan fingerprint density at radius 1 is 1.33 bits per heavy atom. The lowest BCUT2D eigenvalue weighted by atomic mass is 10.2. The summed E-state index contributed by atoms with van der Waals surface area (Å²) in [6, 6.07) is 7.11. The molecule has 1 unspecified atom stereocenters. The number of carboxylic acid groups (broad SMARTS) is 1. The maximum atomic E-state index is 11.3. The zero-order valence-electron chi connectivity index (χ0n) is 7.92. The third kappa shape index (κ3) is 3.40. The molecule has 0 heterocycles. The van der Waals surface area contributed by atoms with Gasteiger partial charge in [-0.1, -0.05) is 18.2 Å². The molecule has 0 aliphatic heterocycles. The van der Waals surface area contributed by atoms with Gasteiger partial charge < -0.3 is 15.6 Å². The first-order valence-corrected chi connectivity index (χ1v) is 4.32. The molecule has 1 aromatic carbocycles. The SMILES string of the molecule is NC(COC(=O)c1ccccc1)C(=O)O. The molecule has 0 bridgehead atoms. The third-order valence-corrected chi connectivity index (χ3v) is 1.72. The number of benzene rings is 1. The molecule has 1 atom stereocenters. The molecule has 3 N–H and O–H groups in total. The van der Waals surface area contributed by atoms with Gasteiger partial charge in [-0.3, -0.25) is 4.79 Å². The van der Waals surface area contributed by atoms with Gasteiger partial charge in [-0.15, -0.1) is 0 Å². The first-order valence-electron chi connectivity index (χ1n) is 4.32. The summed E-state index contributed by atoms with van der Waals surface area (Å²) < 4.78 is 4.71. The Balaban J connectivity index is 2.47. The molecule has 0 aromatic heterocycles. The second-order valence-corrected chi connectivity index (χ2v) is 2.91. The van der Waals surface area contributed by atoms with Crippen LogP contribution in [0.5, 0.6) is 0 Å². The van der Waals surface area contributed by atoms with E-state index < -0.39 is 18.0 Å². The van der Waals surface area contributed by atoms with Gasteiger partial charge in [0.2, 0.25) is 0 Å². The first-order chi connectivity index (χ1) is 7.11. The Labute approximate surface area is 86.5 Å². The number of aliphatic carboxylic acids is 1. The van der Waals surface area contributed by atoms with Crippen molar-refractivity contribution in [3.8, 4) is 0 Å². The molecule has 5 nitrogen and oxygen atoms in total. The third-order valence-electron chi connectivity index (χ3n) is 1.72. The maximum Gasteiger partial charge on any atom is 0.338 e. The van der Waals surface area contributed by atoms with Crippen molar-refractivity contribution in [2.75, 3.05) is 6.61 Å². The summed E-state index contributed by atoms with van der Waals surface area (Å²) in [7, 11) is 0. The number of carboxylic acids is 1. The van der Waals surface area contributed by atoms with Crippen molar-refractivity contribution < 1.29 is 19.4 Å². The van der Waals surface area contributed by atoms with Crippen molar-refractivity contribution in [3.05, 3.63) is 35.9 Å². The van der Waals surface area contributed by atoms with Crippen molar-refractivity contribution in [3.63, 3.8) is 0 Å². The first kappa shape index (κ1) is 11.2. The molecule has 0 aliphatic rings. The molecule has 0 spiro atoms. The summed E-state index contributed by atoms with van der Waals surface area (Å²) in [5.74, 6) is -1.77. The molecule has 1 aromatic rings. The lowest BCUT2D eigenvalue weighted by molar-refractivity contribution is -0.139. The van der Waals surface area contributed by atoms with Crippen LogP contribution in [0.4, 0.5) is 0 Å². The van der Waals surface area contributed by atoms with Gasteiger partial charge >= 0.3 is 11.9 Å². The van der Waals surface area contributed by atoms with E-state index in [4.69, 9.17) is 15.6 Å². The van der Waals surface area contributed by atoms with Gasteiger partial charge in [-0.05, 0) is 12.1 Å². The van der Waals surface area contributed by atoms with Gasteiger partial charge in [0.25, 0.3) is 0 Å². The Hall–Kier alpha value is -1.88. The summed E-state index contributed by atoms with van der Waals surface area (Å²) in [4.78, 5) is 21.6. The van der Waals surface area contributed by atoms with Gasteiger partial charge in [-0.25, -0.2) is 4.79 Å². The minimum absolute atomic E-state index is 0.330. The van der Waals surface area contributed by atoms with E-state index in [9.17, 15) is 9.59 Å². The molecule has 1 rings (SSSR count). The van der Waals surface area contributed by atoms with Crippen LogP contribution < -0.4 is 5.73 Å². The maximum absolute atomic E-state index is 11.3. The monoisotopic (exact) mass is 209 g/mol. The lowest BCUT2D eigenvalue weighted by Gasteiger charge is -2.07. The highest BCUT2D eigenvalue weighted by Gasteiger charge is 2.14. The summed E-state index contributed by atoms with van der Waals surface area (Å²) >= 11 is 0. The summed E-state index contributed by atoms with van der Waals surface area (Å²) in [6.07, 6.45) is 0. The van der Waals surface area contributed by atoms with Crippen LogP contribution in [-0.4, -0.2) is 29.7 Å². The molecule has 0 saturated heterocycles. The van der Waals surface area contributed by atoms with Crippen LogP contribution in [0.3, 0.4) is 0 Å². The predicted octanol–water partition coefficient (Wildman–Crippen LogP) is 0.255. The van der Waals surface area contributed by atoms with Gasteiger partial charge in [0, 0.05) is 0 Å². The zero-order valence-corrected chi connectivity index (χ0v) is 7.92. The molecule has 0 radical (unpaired) electrons. The normalized spacial score (nSPS) is 11.8. The quantitative estimate of drug-likeness (QED) is 0.694. The standard InChI is InChI=1S/C10H11NO4/c11-8(9(12)13)6-15-10(14)7-4-2-1-3-5-7/h1-5,8H,6,11H2,(H,12,13). The Kier molecular flexibility index (Phi) is 3.82. The Bertz CT molecular complexity index is 350. The van der Waals surface area contributed by atoms with Gasteiger partial charge in [0.1, 0.15) is 12.6 Å². The van der Waals surface area contributed by atoms with E-state index in [1.165, 1.54) is 0 Å². The van der Waals surface area contributed by atoms with Crippen molar-refractivity contribution in [2.45, 2.75) is 6.04 Å². The van der Waals surface area contributed by atoms with Gasteiger partial charge in [0.15, 0.2) is 0 Å². The highest BCUT2D eigenvalue weighted by molar-refractivity contribution is 5.89. The van der Waals surface area contributed by atoms with E-state index in [0.717, 1.165) is 0 Å². The number of carbonyl (C=O) groups excluding carboxylic acids is 1. The van der Waals surface area contributed by atoms with Crippen LogP contribution in [0, 0.1) is 0 Å². The van der Waals surface area contributed by atoms with Crippen molar-refractivity contribution >= 4 is 11.9 Å². The molecule has 80 valence electrons. The van der Waals surface area contributed by atoms with E-state index in [0.29, 0.717) is 5.56 Å². The van der Waals surface area contributed by atoms with E-state index in [-0.39, 0.29) is 6.61 Å². The number of rotatable bonds is 4. The average Bonchev–Trinajstić information content (AvgIpc) is 2.26. The van der Waals surface area contributed by atoms with Crippen LogP contribution in [0.15, 0.2) is 30.3 Å². The topological polar surface area (TPSA) is 89.6 Å². The molecular weight excluding hydrogens is 198 g/mol. The minimum Gasteiger partial charge on any atom is -0.480 e. The predicted molar refractivity (Wildman–Crippen MR) is 52.3 cm³/mol. The van der Waals surface area contributed by atoms with E-state index in [1.54, 1.807) is 30.3 Å². The van der Waals surface area contributed by atoms with E-state index >= 15 is 0 Å². The second kappa shape index (κ2) is 5.11. The number of nitrogens with two attached hydrogens (primary N) is 1. The second-order valence-electron chi connectivity index (χ2n) is 2.91. The van der Waals surface area contributed by atoms with Crippen molar-refractivity contribution in [2.24, 2.45) is 5.73 Å². The van der Waals surface area contributed by atoms with Crippen LogP contribution in [0.25, 0.3) is 0 Å².